The molecular weight excluding hydrogens is 328 g/mol. The Hall–Kier alpha value is -0.730. The Labute approximate surface area is 149 Å². The average molecular weight is 360 g/mol. The predicted octanol–water partition coefficient (Wildman–Crippen LogP) is 1.45. The van der Waals surface area contributed by atoms with Gasteiger partial charge in [0.2, 0.25) is 0 Å². The highest BCUT2D eigenvalue weighted by molar-refractivity contribution is 5.70. The van der Waals surface area contributed by atoms with E-state index in [2.05, 4.69) is 6.92 Å². The van der Waals surface area contributed by atoms with Crippen LogP contribution in [0.5, 0.6) is 0 Å². The zero-order valence-corrected chi connectivity index (χ0v) is 15.6. The van der Waals surface area contributed by atoms with Crippen molar-refractivity contribution in [3.05, 3.63) is 0 Å². The Morgan fingerprint density at radius 1 is 1.36 bits per heavy atom. The lowest BCUT2D eigenvalue weighted by atomic mass is 9.84. The summed E-state index contributed by atoms with van der Waals surface area (Å²) in [5.74, 6) is -1.81. The molecule has 0 aromatic rings. The summed E-state index contributed by atoms with van der Waals surface area (Å²) in [6.45, 7) is 5.95. The summed E-state index contributed by atoms with van der Waals surface area (Å²) in [5, 5.41) is 21.3. The first-order valence-corrected chi connectivity index (χ1v) is 9.15. The molecule has 7 nitrogen and oxygen atoms in total. The van der Waals surface area contributed by atoms with Crippen molar-refractivity contribution < 1.29 is 34.0 Å². The van der Waals surface area contributed by atoms with Gasteiger partial charge in [-0.25, -0.2) is 0 Å². The van der Waals surface area contributed by atoms with Crippen LogP contribution in [0.4, 0.5) is 0 Å². The van der Waals surface area contributed by atoms with E-state index in [1.165, 1.54) is 7.11 Å². The molecule has 0 bridgehead atoms. The maximum Gasteiger partial charge on any atom is 0.311 e. The van der Waals surface area contributed by atoms with Crippen LogP contribution in [0.1, 0.15) is 46.5 Å². The van der Waals surface area contributed by atoms with Crippen molar-refractivity contribution in [1.82, 2.24) is 0 Å². The zero-order valence-electron chi connectivity index (χ0n) is 15.6. The highest BCUT2D eigenvalue weighted by Crippen LogP contribution is 2.44. The van der Waals surface area contributed by atoms with Crippen molar-refractivity contribution in [2.24, 2.45) is 17.8 Å². The summed E-state index contributed by atoms with van der Waals surface area (Å²) in [6, 6.07) is 0. The van der Waals surface area contributed by atoms with E-state index in [1.807, 2.05) is 0 Å². The normalized spacial score (nSPS) is 39.0. The molecule has 1 aliphatic carbocycles. The van der Waals surface area contributed by atoms with Gasteiger partial charge >= 0.3 is 5.97 Å². The lowest BCUT2D eigenvalue weighted by molar-refractivity contribution is -0.315. The van der Waals surface area contributed by atoms with E-state index in [0.29, 0.717) is 24.7 Å². The molecule has 1 heterocycles. The Bertz CT molecular complexity index is 443. The fourth-order valence-electron chi connectivity index (χ4n) is 3.66. The number of ether oxygens (including phenoxy) is 4. The molecule has 1 saturated heterocycles. The average Bonchev–Trinajstić information content (AvgIpc) is 3.26. The summed E-state index contributed by atoms with van der Waals surface area (Å²) in [4.78, 5) is 11.9. The van der Waals surface area contributed by atoms with Crippen molar-refractivity contribution in [3.63, 3.8) is 0 Å². The van der Waals surface area contributed by atoms with Crippen LogP contribution in [-0.2, 0) is 23.7 Å². The SMILES string of the molecule is CCOC(=O)C[C@]1(O)O[C@H](C[C@@H](O)[C@@H]2C[C@H]2C)C[C@H](OCOC)[C@H]1C. The van der Waals surface area contributed by atoms with Gasteiger partial charge in [0.25, 0.3) is 0 Å². The Kier molecular flexibility index (Phi) is 7.22. The Balaban J connectivity index is 2.05. The molecule has 0 aromatic heterocycles. The number of rotatable bonds is 9. The van der Waals surface area contributed by atoms with Gasteiger partial charge in [-0.05, 0) is 31.6 Å². The number of carbonyl (C=O) groups is 1. The molecule has 25 heavy (non-hydrogen) atoms. The summed E-state index contributed by atoms with van der Waals surface area (Å²) >= 11 is 0. The topological polar surface area (TPSA) is 94.5 Å². The summed E-state index contributed by atoms with van der Waals surface area (Å²) < 4.78 is 21.5. The monoisotopic (exact) mass is 360 g/mol. The second kappa shape index (κ2) is 8.77. The van der Waals surface area contributed by atoms with Crippen LogP contribution < -0.4 is 0 Å². The minimum Gasteiger partial charge on any atom is -0.466 e. The number of hydrogen-bond donors (Lipinski definition) is 2. The molecule has 0 unspecified atom stereocenters. The molecule has 0 radical (unpaired) electrons. The van der Waals surface area contributed by atoms with Gasteiger partial charge < -0.3 is 29.2 Å². The van der Waals surface area contributed by atoms with E-state index in [-0.39, 0.29) is 32.0 Å². The first kappa shape index (κ1) is 20.6. The Morgan fingerprint density at radius 3 is 2.60 bits per heavy atom. The molecule has 2 rings (SSSR count). The second-order valence-corrected chi connectivity index (χ2v) is 7.38. The lowest BCUT2D eigenvalue weighted by Crippen LogP contribution is -2.55. The molecular formula is C18H32O7. The van der Waals surface area contributed by atoms with Gasteiger partial charge in [0.1, 0.15) is 6.79 Å². The summed E-state index contributed by atoms with van der Waals surface area (Å²) in [5.41, 5.74) is 0. The van der Waals surface area contributed by atoms with Gasteiger partial charge in [-0.2, -0.15) is 0 Å². The third-order valence-corrected chi connectivity index (χ3v) is 5.41. The molecule has 2 fully saturated rings. The van der Waals surface area contributed by atoms with Crippen LogP contribution in [0, 0.1) is 17.8 Å². The first-order chi connectivity index (χ1) is 11.8. The molecule has 2 N–H and O–H groups in total. The van der Waals surface area contributed by atoms with Gasteiger partial charge in [0.05, 0.1) is 31.3 Å². The van der Waals surface area contributed by atoms with Gasteiger partial charge in [-0.1, -0.05) is 13.8 Å². The van der Waals surface area contributed by atoms with Gasteiger partial charge in [0, 0.05) is 19.4 Å². The van der Waals surface area contributed by atoms with Crippen LogP contribution in [0.2, 0.25) is 0 Å². The van der Waals surface area contributed by atoms with Crippen molar-refractivity contribution in [2.75, 3.05) is 20.5 Å². The molecule has 2 aliphatic rings. The molecule has 1 saturated carbocycles. The minimum absolute atomic E-state index is 0.0967. The number of hydrogen-bond acceptors (Lipinski definition) is 7. The highest BCUT2D eigenvalue weighted by atomic mass is 16.7. The van der Waals surface area contributed by atoms with E-state index in [4.69, 9.17) is 18.9 Å². The number of methoxy groups -OCH3 is 1. The third kappa shape index (κ3) is 5.37. The van der Waals surface area contributed by atoms with Crippen LogP contribution in [0.25, 0.3) is 0 Å². The maximum absolute atomic E-state index is 11.9. The van der Waals surface area contributed by atoms with E-state index in [1.54, 1.807) is 13.8 Å². The number of aliphatic hydroxyl groups excluding tert-OH is 1. The van der Waals surface area contributed by atoms with Crippen LogP contribution in [0.15, 0.2) is 0 Å². The van der Waals surface area contributed by atoms with E-state index in [0.717, 1.165) is 6.42 Å². The third-order valence-electron chi connectivity index (χ3n) is 5.41. The lowest BCUT2D eigenvalue weighted by Gasteiger charge is -2.46. The van der Waals surface area contributed by atoms with E-state index in [9.17, 15) is 15.0 Å². The van der Waals surface area contributed by atoms with Gasteiger partial charge in [0.15, 0.2) is 5.79 Å². The maximum atomic E-state index is 11.9. The fourth-order valence-corrected chi connectivity index (χ4v) is 3.66. The van der Waals surface area contributed by atoms with Crippen LogP contribution in [0.3, 0.4) is 0 Å². The molecule has 0 aromatic carbocycles. The molecule has 0 amide bonds. The van der Waals surface area contributed by atoms with Crippen molar-refractivity contribution >= 4 is 5.97 Å². The number of aliphatic hydroxyl groups is 2. The summed E-state index contributed by atoms with van der Waals surface area (Å²) in [7, 11) is 1.53. The zero-order chi connectivity index (χ0) is 18.6. The predicted molar refractivity (Wildman–Crippen MR) is 89.5 cm³/mol. The van der Waals surface area contributed by atoms with Crippen molar-refractivity contribution in [2.45, 2.75) is 70.6 Å². The van der Waals surface area contributed by atoms with E-state index >= 15 is 0 Å². The largest absolute Gasteiger partial charge is 0.466 e. The summed E-state index contributed by atoms with van der Waals surface area (Å²) in [6.07, 6.45) is 0.515. The minimum atomic E-state index is -1.68. The molecule has 146 valence electrons. The Morgan fingerprint density at radius 2 is 2.04 bits per heavy atom. The molecule has 7 atom stereocenters. The van der Waals surface area contributed by atoms with E-state index < -0.39 is 23.8 Å². The van der Waals surface area contributed by atoms with Gasteiger partial charge in [-0.15, -0.1) is 0 Å². The first-order valence-electron chi connectivity index (χ1n) is 9.15. The van der Waals surface area contributed by atoms with Gasteiger partial charge in [-0.3, -0.25) is 4.79 Å². The van der Waals surface area contributed by atoms with Crippen LogP contribution in [-0.4, -0.2) is 60.8 Å². The number of esters is 1. The fraction of sp³-hybridized carbons (Fsp3) is 0.944. The van der Waals surface area contributed by atoms with Crippen molar-refractivity contribution in [1.29, 1.82) is 0 Å². The molecule has 0 spiro atoms. The second-order valence-electron chi connectivity index (χ2n) is 7.38. The van der Waals surface area contributed by atoms with Crippen molar-refractivity contribution in [3.8, 4) is 0 Å². The molecule has 7 heteroatoms. The molecule has 1 aliphatic heterocycles. The van der Waals surface area contributed by atoms with Crippen LogP contribution >= 0.6 is 0 Å². The highest BCUT2D eigenvalue weighted by Gasteiger charge is 2.50. The smallest absolute Gasteiger partial charge is 0.311 e. The quantitative estimate of drug-likeness (QED) is 0.475. The standard InChI is InChI=1S/C18H32O7/c1-5-23-17(20)9-18(21)12(3)16(24-10-22-4)8-13(25-18)7-15(19)14-6-11(14)2/h11-16,19,21H,5-10H2,1-4H3/t11-,12-,13-,14-,15-,16+,18+/m1/s1. The number of carbonyl (C=O) groups excluding carboxylic acids is 1.